The number of carboxylic acid groups (broad SMARTS) is 1. The van der Waals surface area contributed by atoms with Crippen molar-refractivity contribution >= 4 is 11.7 Å². The number of methoxy groups -OCH3 is 1. The fourth-order valence-electron chi connectivity index (χ4n) is 1.74. The molecule has 0 unspecified atom stereocenters. The van der Waals surface area contributed by atoms with Crippen LogP contribution in [0.15, 0.2) is 34.7 Å². The highest BCUT2D eigenvalue weighted by Crippen LogP contribution is 2.28. The first kappa shape index (κ1) is 13.5. The van der Waals surface area contributed by atoms with Crippen LogP contribution in [0.4, 0.5) is 5.69 Å². The molecule has 0 saturated heterocycles. The van der Waals surface area contributed by atoms with Gasteiger partial charge in [0, 0.05) is 0 Å². The average molecular weight is 272 g/mol. The van der Waals surface area contributed by atoms with Gasteiger partial charge in [-0.1, -0.05) is 6.07 Å². The van der Waals surface area contributed by atoms with Crippen molar-refractivity contribution in [2.75, 3.05) is 12.4 Å². The number of hydrogen-bond donors (Lipinski definition) is 2. The largest absolute Gasteiger partial charge is 0.495 e. The Kier molecular flexibility index (Phi) is 3.91. The number of anilines is 1. The van der Waals surface area contributed by atoms with Gasteiger partial charge in [0.05, 0.1) is 24.9 Å². The van der Waals surface area contributed by atoms with E-state index >= 15 is 0 Å². The third-order valence-electron chi connectivity index (χ3n) is 2.68. The Labute approximate surface area is 115 Å². The first-order chi connectivity index (χ1) is 9.65. The van der Waals surface area contributed by atoms with E-state index in [9.17, 15) is 4.79 Å². The fourth-order valence-corrected chi connectivity index (χ4v) is 1.74. The molecule has 1 aromatic heterocycles. The van der Waals surface area contributed by atoms with Crippen LogP contribution in [0.3, 0.4) is 0 Å². The van der Waals surface area contributed by atoms with Crippen molar-refractivity contribution in [1.82, 2.24) is 0 Å². The van der Waals surface area contributed by atoms with Crippen LogP contribution in [0.2, 0.25) is 0 Å². The zero-order chi connectivity index (χ0) is 14.5. The highest BCUT2D eigenvalue weighted by Gasteiger charge is 2.11. The van der Waals surface area contributed by atoms with Crippen LogP contribution in [0.1, 0.15) is 21.9 Å². The van der Waals surface area contributed by atoms with Crippen LogP contribution >= 0.6 is 0 Å². The van der Waals surface area contributed by atoms with Gasteiger partial charge in [0.2, 0.25) is 5.76 Å². The van der Waals surface area contributed by atoms with E-state index < -0.39 is 5.97 Å². The van der Waals surface area contributed by atoms with Crippen LogP contribution in [-0.4, -0.2) is 18.2 Å². The van der Waals surface area contributed by atoms with Gasteiger partial charge in [0.1, 0.15) is 17.6 Å². The van der Waals surface area contributed by atoms with Crippen molar-refractivity contribution in [3.05, 3.63) is 47.4 Å². The molecule has 20 heavy (non-hydrogen) atoms. The van der Waals surface area contributed by atoms with Crippen molar-refractivity contribution in [3.8, 4) is 11.8 Å². The summed E-state index contributed by atoms with van der Waals surface area (Å²) in [5.74, 6) is -0.250. The molecule has 0 atom stereocenters. The first-order valence-electron chi connectivity index (χ1n) is 5.78. The van der Waals surface area contributed by atoms with Gasteiger partial charge >= 0.3 is 5.97 Å². The molecule has 0 bridgehead atoms. The number of benzene rings is 1. The number of carboxylic acids is 1. The predicted molar refractivity (Wildman–Crippen MR) is 70.7 cm³/mol. The number of hydrogen-bond acceptors (Lipinski definition) is 5. The normalized spacial score (nSPS) is 9.80. The molecule has 2 aromatic rings. The number of para-hydroxylation sites is 1. The lowest BCUT2D eigenvalue weighted by Gasteiger charge is -2.11. The third-order valence-corrected chi connectivity index (χ3v) is 2.68. The average Bonchev–Trinajstić information content (AvgIpc) is 2.93. The number of carbonyl (C=O) groups is 1. The van der Waals surface area contributed by atoms with Crippen LogP contribution in [0.5, 0.6) is 5.75 Å². The third kappa shape index (κ3) is 2.72. The molecule has 0 saturated carbocycles. The second kappa shape index (κ2) is 5.80. The molecule has 2 rings (SSSR count). The standard InChI is InChI=1S/C14H12N2O4/c1-19-11-4-2-3-9(7-15)13(11)16-8-10-5-6-12(20-10)14(17)18/h2-6,16H,8H2,1H3,(H,17,18). The molecule has 0 fully saturated rings. The van der Waals surface area contributed by atoms with E-state index in [1.165, 1.54) is 13.2 Å². The molecule has 0 radical (unpaired) electrons. The number of ether oxygens (including phenoxy) is 1. The van der Waals surface area contributed by atoms with E-state index in [0.717, 1.165) is 0 Å². The Morgan fingerprint density at radius 2 is 2.25 bits per heavy atom. The lowest BCUT2D eigenvalue weighted by molar-refractivity contribution is 0.0660. The molecule has 1 aromatic carbocycles. The van der Waals surface area contributed by atoms with Crippen LogP contribution in [0, 0.1) is 11.3 Å². The molecule has 6 nitrogen and oxygen atoms in total. The molecule has 0 aliphatic carbocycles. The lowest BCUT2D eigenvalue weighted by atomic mass is 10.1. The quantitative estimate of drug-likeness (QED) is 0.868. The SMILES string of the molecule is COc1cccc(C#N)c1NCc1ccc(C(=O)O)o1. The second-order valence-electron chi connectivity index (χ2n) is 3.92. The second-order valence-corrected chi connectivity index (χ2v) is 3.92. The van der Waals surface area contributed by atoms with E-state index in [1.807, 2.05) is 0 Å². The van der Waals surface area contributed by atoms with Crippen molar-refractivity contribution in [2.45, 2.75) is 6.54 Å². The van der Waals surface area contributed by atoms with Crippen molar-refractivity contribution < 1.29 is 19.1 Å². The summed E-state index contributed by atoms with van der Waals surface area (Å²) in [6, 6.07) is 10.1. The zero-order valence-electron chi connectivity index (χ0n) is 10.7. The smallest absolute Gasteiger partial charge is 0.371 e. The number of nitriles is 1. The topological polar surface area (TPSA) is 95.5 Å². The maximum absolute atomic E-state index is 10.7. The van der Waals surface area contributed by atoms with Crippen molar-refractivity contribution in [3.63, 3.8) is 0 Å². The maximum atomic E-state index is 10.7. The summed E-state index contributed by atoms with van der Waals surface area (Å²) in [5.41, 5.74) is 0.986. The summed E-state index contributed by atoms with van der Waals surface area (Å²) < 4.78 is 10.3. The number of nitrogens with one attached hydrogen (secondary N) is 1. The summed E-state index contributed by atoms with van der Waals surface area (Å²) in [6.07, 6.45) is 0. The van der Waals surface area contributed by atoms with Gasteiger partial charge in [-0.05, 0) is 24.3 Å². The molecule has 0 amide bonds. The van der Waals surface area contributed by atoms with E-state index in [0.29, 0.717) is 22.8 Å². The van der Waals surface area contributed by atoms with Crippen molar-refractivity contribution in [2.24, 2.45) is 0 Å². The Morgan fingerprint density at radius 3 is 2.85 bits per heavy atom. The van der Waals surface area contributed by atoms with Gasteiger partial charge in [-0.15, -0.1) is 0 Å². The molecule has 0 spiro atoms. The van der Waals surface area contributed by atoms with Gasteiger partial charge in [0.25, 0.3) is 0 Å². The zero-order valence-corrected chi connectivity index (χ0v) is 10.7. The minimum absolute atomic E-state index is 0.123. The number of nitrogens with zero attached hydrogens (tertiary/aromatic N) is 1. The predicted octanol–water partition coefficient (Wildman–Crippen LogP) is 2.47. The monoisotopic (exact) mass is 272 g/mol. The molecule has 0 aliphatic heterocycles. The molecule has 6 heteroatoms. The molecular weight excluding hydrogens is 260 g/mol. The van der Waals surface area contributed by atoms with E-state index in [-0.39, 0.29) is 12.3 Å². The highest BCUT2D eigenvalue weighted by molar-refractivity contribution is 5.84. The Bertz CT molecular complexity index is 670. The minimum atomic E-state index is -1.12. The first-order valence-corrected chi connectivity index (χ1v) is 5.78. The van der Waals surface area contributed by atoms with E-state index in [1.54, 1.807) is 24.3 Å². The Hall–Kier alpha value is -2.94. The van der Waals surface area contributed by atoms with Gasteiger partial charge in [-0.2, -0.15) is 5.26 Å². The van der Waals surface area contributed by atoms with Gasteiger partial charge in [-0.3, -0.25) is 0 Å². The van der Waals surface area contributed by atoms with Gasteiger partial charge < -0.3 is 19.6 Å². The summed E-state index contributed by atoms with van der Waals surface area (Å²) in [4.78, 5) is 10.7. The number of furan rings is 1. The van der Waals surface area contributed by atoms with Crippen LogP contribution in [-0.2, 0) is 6.54 Å². The summed E-state index contributed by atoms with van der Waals surface area (Å²) in [5, 5.41) is 20.9. The molecule has 2 N–H and O–H groups in total. The Morgan fingerprint density at radius 1 is 1.45 bits per heavy atom. The molecule has 102 valence electrons. The van der Waals surface area contributed by atoms with Crippen LogP contribution in [0.25, 0.3) is 0 Å². The number of rotatable bonds is 5. The lowest BCUT2D eigenvalue weighted by Crippen LogP contribution is -2.03. The van der Waals surface area contributed by atoms with Gasteiger partial charge in [0.15, 0.2) is 0 Å². The summed E-state index contributed by atoms with van der Waals surface area (Å²) in [7, 11) is 1.51. The maximum Gasteiger partial charge on any atom is 0.371 e. The van der Waals surface area contributed by atoms with E-state index in [2.05, 4.69) is 11.4 Å². The minimum Gasteiger partial charge on any atom is -0.495 e. The fraction of sp³-hybridized carbons (Fsp3) is 0.143. The highest BCUT2D eigenvalue weighted by atomic mass is 16.5. The molecular formula is C14H12N2O4. The molecule has 0 aliphatic rings. The van der Waals surface area contributed by atoms with E-state index in [4.69, 9.17) is 19.5 Å². The van der Waals surface area contributed by atoms with Crippen LogP contribution < -0.4 is 10.1 Å². The Balaban J connectivity index is 2.18. The summed E-state index contributed by atoms with van der Waals surface area (Å²) >= 11 is 0. The van der Waals surface area contributed by atoms with Crippen molar-refractivity contribution in [1.29, 1.82) is 5.26 Å². The molecule has 1 heterocycles. The summed E-state index contributed by atoms with van der Waals surface area (Å²) in [6.45, 7) is 0.252. The van der Waals surface area contributed by atoms with Gasteiger partial charge in [-0.25, -0.2) is 4.79 Å². The number of aromatic carboxylic acids is 1.